The monoisotopic (exact) mass is 392 g/mol. The van der Waals surface area contributed by atoms with Gasteiger partial charge in [0.1, 0.15) is 16.4 Å². The van der Waals surface area contributed by atoms with Crippen LogP contribution < -0.4 is 19.1 Å². The van der Waals surface area contributed by atoms with Crippen LogP contribution in [-0.2, 0) is 14.8 Å². The van der Waals surface area contributed by atoms with Gasteiger partial charge < -0.3 is 19.1 Å². The second-order valence-corrected chi connectivity index (χ2v) is 7.87. The zero-order valence-electron chi connectivity index (χ0n) is 15.7. The Morgan fingerprint density at radius 2 is 1.78 bits per heavy atom. The third kappa shape index (κ3) is 4.28. The Kier molecular flexibility index (Phi) is 5.76. The quantitative estimate of drug-likeness (QED) is 0.814. The minimum Gasteiger partial charge on any atom is -0.497 e. The van der Waals surface area contributed by atoms with E-state index in [1.807, 2.05) is 25.1 Å². The number of nitrogens with zero attached hydrogens (tertiary/aromatic N) is 1. The molecule has 1 saturated heterocycles. The first kappa shape index (κ1) is 19.3. The van der Waals surface area contributed by atoms with Crippen LogP contribution in [0.5, 0.6) is 11.5 Å². The molecule has 2 aromatic rings. The van der Waals surface area contributed by atoms with Crippen molar-refractivity contribution in [1.82, 2.24) is 0 Å². The van der Waals surface area contributed by atoms with Gasteiger partial charge in [-0.05, 0) is 36.8 Å². The summed E-state index contributed by atoms with van der Waals surface area (Å²) in [6, 6.07) is 10.4. The molecule has 146 valence electrons. The molecule has 1 N–H and O–H groups in total. The van der Waals surface area contributed by atoms with Gasteiger partial charge in [0.25, 0.3) is 10.0 Å². The minimum atomic E-state index is -3.86. The summed E-state index contributed by atoms with van der Waals surface area (Å²) in [5.41, 5.74) is 2.32. The van der Waals surface area contributed by atoms with Gasteiger partial charge in [-0.3, -0.25) is 4.72 Å². The molecule has 3 rings (SSSR count). The summed E-state index contributed by atoms with van der Waals surface area (Å²) in [5.74, 6) is 0.695. The largest absolute Gasteiger partial charge is 0.497 e. The number of nitrogens with one attached hydrogen (secondary N) is 1. The normalized spacial score (nSPS) is 14.7. The van der Waals surface area contributed by atoms with Crippen molar-refractivity contribution in [1.29, 1.82) is 0 Å². The van der Waals surface area contributed by atoms with Crippen molar-refractivity contribution in [3.05, 3.63) is 42.0 Å². The molecule has 0 unspecified atom stereocenters. The molecule has 0 saturated carbocycles. The Bertz CT molecular complexity index is 908. The SMILES string of the molecule is COc1ccc(OC)c(S(=O)(=O)Nc2cc(N3CCOCC3)ccc2C)c1. The molecule has 0 aliphatic carbocycles. The van der Waals surface area contributed by atoms with E-state index in [4.69, 9.17) is 14.2 Å². The van der Waals surface area contributed by atoms with Gasteiger partial charge in [-0.1, -0.05) is 6.07 Å². The maximum atomic E-state index is 13.0. The average Bonchev–Trinajstić information content (AvgIpc) is 2.69. The molecule has 1 aliphatic rings. The van der Waals surface area contributed by atoms with E-state index < -0.39 is 10.0 Å². The van der Waals surface area contributed by atoms with E-state index in [1.54, 1.807) is 12.1 Å². The van der Waals surface area contributed by atoms with Gasteiger partial charge in [-0.2, -0.15) is 0 Å². The van der Waals surface area contributed by atoms with Crippen molar-refractivity contribution in [2.75, 3.05) is 50.1 Å². The first-order valence-corrected chi connectivity index (χ1v) is 10.1. The van der Waals surface area contributed by atoms with Gasteiger partial charge in [0.15, 0.2) is 0 Å². The van der Waals surface area contributed by atoms with Crippen molar-refractivity contribution in [3.8, 4) is 11.5 Å². The van der Waals surface area contributed by atoms with E-state index in [2.05, 4.69) is 9.62 Å². The highest BCUT2D eigenvalue weighted by atomic mass is 32.2. The fourth-order valence-corrected chi connectivity index (χ4v) is 4.24. The molecule has 0 aromatic heterocycles. The Labute approximate surface area is 159 Å². The molecule has 0 bridgehead atoms. The van der Waals surface area contributed by atoms with Crippen molar-refractivity contribution >= 4 is 21.4 Å². The number of ether oxygens (including phenoxy) is 3. The van der Waals surface area contributed by atoms with E-state index >= 15 is 0 Å². The van der Waals surface area contributed by atoms with Crippen LogP contribution in [0.25, 0.3) is 0 Å². The first-order chi connectivity index (χ1) is 12.9. The van der Waals surface area contributed by atoms with Crippen molar-refractivity contribution in [2.24, 2.45) is 0 Å². The lowest BCUT2D eigenvalue weighted by molar-refractivity contribution is 0.122. The number of morpholine rings is 1. The molecular weight excluding hydrogens is 368 g/mol. The average molecular weight is 392 g/mol. The summed E-state index contributed by atoms with van der Waals surface area (Å²) < 4.78 is 44.5. The molecule has 1 fully saturated rings. The zero-order valence-corrected chi connectivity index (χ0v) is 16.5. The molecule has 1 aliphatic heterocycles. The molecule has 7 nitrogen and oxygen atoms in total. The number of hydrogen-bond donors (Lipinski definition) is 1. The number of aryl methyl sites for hydroxylation is 1. The summed E-state index contributed by atoms with van der Waals surface area (Å²) in [5, 5.41) is 0. The zero-order chi connectivity index (χ0) is 19.4. The summed E-state index contributed by atoms with van der Waals surface area (Å²) in [6.07, 6.45) is 0. The maximum absolute atomic E-state index is 13.0. The van der Waals surface area contributed by atoms with Gasteiger partial charge in [-0.25, -0.2) is 8.42 Å². The van der Waals surface area contributed by atoms with Gasteiger partial charge in [0, 0.05) is 24.8 Å². The van der Waals surface area contributed by atoms with Gasteiger partial charge in [-0.15, -0.1) is 0 Å². The predicted molar refractivity (Wildman–Crippen MR) is 105 cm³/mol. The van der Waals surface area contributed by atoms with E-state index in [9.17, 15) is 8.42 Å². The summed E-state index contributed by atoms with van der Waals surface area (Å²) in [4.78, 5) is 2.20. The van der Waals surface area contributed by atoms with E-state index in [1.165, 1.54) is 20.3 Å². The highest BCUT2D eigenvalue weighted by Gasteiger charge is 2.22. The number of hydrogen-bond acceptors (Lipinski definition) is 6. The van der Waals surface area contributed by atoms with Crippen LogP contribution >= 0.6 is 0 Å². The third-order valence-electron chi connectivity index (χ3n) is 4.50. The van der Waals surface area contributed by atoms with Gasteiger partial charge >= 0.3 is 0 Å². The van der Waals surface area contributed by atoms with Crippen LogP contribution in [0.1, 0.15) is 5.56 Å². The third-order valence-corrected chi connectivity index (χ3v) is 5.89. The highest BCUT2D eigenvalue weighted by Crippen LogP contribution is 2.31. The van der Waals surface area contributed by atoms with Crippen LogP contribution in [0, 0.1) is 6.92 Å². The van der Waals surface area contributed by atoms with E-state index in [-0.39, 0.29) is 10.6 Å². The Hall–Kier alpha value is -2.45. The second kappa shape index (κ2) is 8.06. The first-order valence-electron chi connectivity index (χ1n) is 8.63. The highest BCUT2D eigenvalue weighted by molar-refractivity contribution is 7.92. The lowest BCUT2D eigenvalue weighted by Crippen LogP contribution is -2.36. The number of benzene rings is 2. The van der Waals surface area contributed by atoms with Crippen LogP contribution in [0.4, 0.5) is 11.4 Å². The summed E-state index contributed by atoms with van der Waals surface area (Å²) in [6.45, 7) is 4.74. The van der Waals surface area contributed by atoms with E-state index in [0.717, 1.165) is 24.3 Å². The molecule has 0 amide bonds. The molecule has 1 heterocycles. The molecule has 2 aromatic carbocycles. The van der Waals surface area contributed by atoms with Crippen LogP contribution in [0.15, 0.2) is 41.3 Å². The Morgan fingerprint density at radius 3 is 2.44 bits per heavy atom. The smallest absolute Gasteiger partial charge is 0.265 e. The molecule has 0 spiro atoms. The van der Waals surface area contributed by atoms with E-state index in [0.29, 0.717) is 24.7 Å². The number of sulfonamides is 1. The molecule has 0 atom stereocenters. The number of methoxy groups -OCH3 is 2. The fourth-order valence-electron chi connectivity index (χ4n) is 2.93. The maximum Gasteiger partial charge on any atom is 0.265 e. The van der Waals surface area contributed by atoms with Gasteiger partial charge in [0.2, 0.25) is 0 Å². The van der Waals surface area contributed by atoms with Crippen molar-refractivity contribution < 1.29 is 22.6 Å². The minimum absolute atomic E-state index is 0.0283. The fraction of sp³-hybridized carbons (Fsp3) is 0.368. The van der Waals surface area contributed by atoms with Gasteiger partial charge in [0.05, 0.1) is 33.1 Å². The Morgan fingerprint density at radius 1 is 1.04 bits per heavy atom. The second-order valence-electron chi connectivity index (χ2n) is 6.22. The van der Waals surface area contributed by atoms with Crippen molar-refractivity contribution in [2.45, 2.75) is 11.8 Å². The van der Waals surface area contributed by atoms with Crippen molar-refractivity contribution in [3.63, 3.8) is 0 Å². The lowest BCUT2D eigenvalue weighted by Gasteiger charge is -2.29. The van der Waals surface area contributed by atoms with Crippen LogP contribution in [0.3, 0.4) is 0 Å². The summed E-state index contributed by atoms with van der Waals surface area (Å²) >= 11 is 0. The topological polar surface area (TPSA) is 77.1 Å². The molecule has 27 heavy (non-hydrogen) atoms. The lowest BCUT2D eigenvalue weighted by atomic mass is 10.1. The standard InChI is InChI=1S/C19H24N2O5S/c1-14-4-5-15(21-8-10-26-11-9-21)12-17(14)20-27(22,23)19-13-16(24-2)6-7-18(19)25-3/h4-7,12-13,20H,8-11H2,1-3H3. The van der Waals surface area contributed by atoms with Crippen LogP contribution in [0.2, 0.25) is 0 Å². The molecule has 0 radical (unpaired) electrons. The summed E-state index contributed by atoms with van der Waals surface area (Å²) in [7, 11) is -0.934. The Balaban J connectivity index is 1.94. The molecule has 8 heteroatoms. The van der Waals surface area contributed by atoms with Crippen LogP contribution in [-0.4, -0.2) is 48.9 Å². The number of rotatable bonds is 6. The number of anilines is 2. The molecular formula is C19H24N2O5S. The predicted octanol–water partition coefficient (Wildman–Crippen LogP) is 2.65.